The van der Waals surface area contributed by atoms with Crippen LogP contribution < -0.4 is 11.1 Å². The molecule has 1 fully saturated rings. The van der Waals surface area contributed by atoms with Gasteiger partial charge in [-0.25, -0.2) is 4.98 Å². The number of rotatable bonds is 3. The molecule has 0 atom stereocenters. The van der Waals surface area contributed by atoms with Crippen molar-refractivity contribution < 1.29 is 4.79 Å². The number of carbonyl (C=O) groups is 1. The molecule has 4 nitrogen and oxygen atoms in total. The number of aryl methyl sites for hydroxylation is 1. The van der Waals surface area contributed by atoms with Crippen molar-refractivity contribution in [2.24, 2.45) is 11.1 Å². The van der Waals surface area contributed by atoms with Gasteiger partial charge >= 0.3 is 0 Å². The van der Waals surface area contributed by atoms with E-state index in [-0.39, 0.29) is 10.9 Å². The first-order chi connectivity index (χ1) is 8.06. The maximum absolute atomic E-state index is 12.2. The van der Waals surface area contributed by atoms with E-state index in [1.165, 1.54) is 0 Å². The van der Waals surface area contributed by atoms with Gasteiger partial charge in [-0.1, -0.05) is 24.7 Å². The fourth-order valence-electron chi connectivity index (χ4n) is 1.96. The number of hydrogen-bond acceptors (Lipinski definition) is 3. The Hall–Kier alpha value is -1.49. The number of amides is 1. The first kappa shape index (κ1) is 12.0. The molecule has 17 heavy (non-hydrogen) atoms. The Bertz CT molecular complexity index is 469. The molecule has 0 bridgehead atoms. The van der Waals surface area contributed by atoms with Crippen LogP contribution in [-0.4, -0.2) is 15.9 Å². The van der Waals surface area contributed by atoms with Gasteiger partial charge in [0.25, 0.3) is 0 Å². The third-order valence-corrected chi connectivity index (χ3v) is 3.75. The van der Waals surface area contributed by atoms with Crippen LogP contribution in [0.15, 0.2) is 18.3 Å². The summed E-state index contributed by atoms with van der Waals surface area (Å²) in [6.07, 6.45) is 4.11. The Kier molecular flexibility index (Phi) is 3.11. The van der Waals surface area contributed by atoms with E-state index in [2.05, 4.69) is 10.3 Å². The smallest absolute Gasteiger partial charge is 0.238 e. The summed E-state index contributed by atoms with van der Waals surface area (Å²) < 4.78 is 0. The van der Waals surface area contributed by atoms with Gasteiger partial charge in [-0.2, -0.15) is 0 Å². The number of carbonyl (C=O) groups excluding carboxylic acids is 1. The fourth-order valence-corrected chi connectivity index (χ4v) is 2.26. The van der Waals surface area contributed by atoms with E-state index in [9.17, 15) is 4.79 Å². The average molecular weight is 249 g/mol. The van der Waals surface area contributed by atoms with Crippen LogP contribution in [0.3, 0.4) is 0 Å². The topological polar surface area (TPSA) is 68.0 Å². The Morgan fingerprint density at radius 1 is 1.59 bits per heavy atom. The van der Waals surface area contributed by atoms with Crippen LogP contribution in [0.2, 0.25) is 0 Å². The molecule has 0 radical (unpaired) electrons. The lowest BCUT2D eigenvalue weighted by Gasteiger charge is -2.38. The zero-order valence-electron chi connectivity index (χ0n) is 9.69. The molecule has 1 aromatic heterocycles. The van der Waals surface area contributed by atoms with Crippen molar-refractivity contribution in [3.05, 3.63) is 23.9 Å². The summed E-state index contributed by atoms with van der Waals surface area (Å²) in [4.78, 5) is 16.6. The first-order valence-corrected chi connectivity index (χ1v) is 6.00. The standard InChI is InChI=1S/C12H15N3OS/c1-8-4-2-7-14-9(8)15-11(16)12(10(13)17)5-3-6-12/h2,4,7H,3,5-6H2,1H3,(H2,13,17)(H,14,15,16). The summed E-state index contributed by atoms with van der Waals surface area (Å²) in [5.41, 5.74) is 5.95. The van der Waals surface area contributed by atoms with Crippen molar-refractivity contribution in [1.29, 1.82) is 0 Å². The van der Waals surface area contributed by atoms with E-state index in [1.807, 2.05) is 19.1 Å². The monoisotopic (exact) mass is 249 g/mol. The van der Waals surface area contributed by atoms with Crippen molar-refractivity contribution in [3.8, 4) is 0 Å². The van der Waals surface area contributed by atoms with Crippen molar-refractivity contribution >= 4 is 28.9 Å². The highest BCUT2D eigenvalue weighted by atomic mass is 32.1. The molecule has 0 unspecified atom stereocenters. The molecule has 1 amide bonds. The molecule has 1 aliphatic carbocycles. The van der Waals surface area contributed by atoms with Gasteiger partial charge in [-0.3, -0.25) is 4.79 Å². The maximum Gasteiger partial charge on any atom is 0.238 e. The van der Waals surface area contributed by atoms with E-state index in [0.29, 0.717) is 5.82 Å². The average Bonchev–Trinajstić information content (AvgIpc) is 2.19. The van der Waals surface area contributed by atoms with E-state index in [0.717, 1.165) is 24.8 Å². The van der Waals surface area contributed by atoms with Crippen LogP contribution >= 0.6 is 12.2 Å². The van der Waals surface area contributed by atoms with Gasteiger partial charge in [-0.15, -0.1) is 0 Å². The zero-order chi connectivity index (χ0) is 12.5. The predicted octanol–water partition coefficient (Wildman–Crippen LogP) is 1.78. The van der Waals surface area contributed by atoms with Crippen LogP contribution in [0.5, 0.6) is 0 Å². The van der Waals surface area contributed by atoms with Crippen LogP contribution in [-0.2, 0) is 4.79 Å². The number of thiocarbonyl (C=S) groups is 1. The second kappa shape index (κ2) is 4.41. The second-order valence-corrected chi connectivity index (χ2v) is 4.86. The molecule has 1 aromatic rings. The molecule has 0 saturated heterocycles. The largest absolute Gasteiger partial charge is 0.392 e. The van der Waals surface area contributed by atoms with Crippen LogP contribution in [0.25, 0.3) is 0 Å². The first-order valence-electron chi connectivity index (χ1n) is 5.59. The van der Waals surface area contributed by atoms with Gasteiger partial charge < -0.3 is 11.1 Å². The quantitative estimate of drug-likeness (QED) is 0.801. The highest BCUT2D eigenvalue weighted by molar-refractivity contribution is 7.80. The summed E-state index contributed by atoms with van der Waals surface area (Å²) in [6, 6.07) is 3.73. The number of nitrogens with zero attached hydrogens (tertiary/aromatic N) is 1. The molecule has 0 aliphatic heterocycles. The third kappa shape index (κ3) is 2.02. The molecule has 5 heteroatoms. The maximum atomic E-state index is 12.2. The Labute approximate surface area is 106 Å². The summed E-state index contributed by atoms with van der Waals surface area (Å²) in [7, 11) is 0. The number of anilines is 1. The van der Waals surface area contributed by atoms with Crippen molar-refractivity contribution in [3.63, 3.8) is 0 Å². The number of nitrogens with one attached hydrogen (secondary N) is 1. The minimum Gasteiger partial charge on any atom is -0.392 e. The number of aromatic nitrogens is 1. The summed E-state index contributed by atoms with van der Waals surface area (Å²) in [5.74, 6) is 0.457. The number of hydrogen-bond donors (Lipinski definition) is 2. The van der Waals surface area contributed by atoms with Crippen molar-refractivity contribution in [2.75, 3.05) is 5.32 Å². The third-order valence-electron chi connectivity index (χ3n) is 3.35. The van der Waals surface area contributed by atoms with Gasteiger partial charge in [0.2, 0.25) is 5.91 Å². The van der Waals surface area contributed by atoms with Crippen LogP contribution in [0, 0.1) is 12.3 Å². The van der Waals surface area contributed by atoms with Crippen molar-refractivity contribution in [2.45, 2.75) is 26.2 Å². The molecule has 1 aliphatic rings. The molecule has 0 aromatic carbocycles. The van der Waals surface area contributed by atoms with Crippen molar-refractivity contribution in [1.82, 2.24) is 4.98 Å². The Balaban J connectivity index is 2.17. The highest BCUT2D eigenvalue weighted by Crippen LogP contribution is 2.42. The lowest BCUT2D eigenvalue weighted by molar-refractivity contribution is -0.125. The summed E-state index contributed by atoms with van der Waals surface area (Å²) in [6.45, 7) is 1.90. The molecule has 1 heterocycles. The van der Waals surface area contributed by atoms with Gasteiger partial charge in [0.15, 0.2) is 0 Å². The molecular weight excluding hydrogens is 234 g/mol. The Morgan fingerprint density at radius 2 is 2.29 bits per heavy atom. The minimum atomic E-state index is -0.653. The van der Waals surface area contributed by atoms with Gasteiger partial charge in [-0.05, 0) is 31.4 Å². The SMILES string of the molecule is Cc1cccnc1NC(=O)C1(C(N)=S)CCC1. The van der Waals surface area contributed by atoms with E-state index in [1.54, 1.807) is 6.20 Å². The van der Waals surface area contributed by atoms with Gasteiger partial charge in [0.1, 0.15) is 5.82 Å². The van der Waals surface area contributed by atoms with Crippen LogP contribution in [0.4, 0.5) is 5.82 Å². The summed E-state index contributed by atoms with van der Waals surface area (Å²) in [5, 5.41) is 2.82. The molecule has 90 valence electrons. The predicted molar refractivity (Wildman–Crippen MR) is 70.7 cm³/mol. The summed E-state index contributed by atoms with van der Waals surface area (Å²) >= 11 is 5.00. The van der Waals surface area contributed by atoms with Crippen LogP contribution in [0.1, 0.15) is 24.8 Å². The van der Waals surface area contributed by atoms with E-state index >= 15 is 0 Å². The minimum absolute atomic E-state index is 0.127. The molecular formula is C12H15N3OS. The highest BCUT2D eigenvalue weighted by Gasteiger charge is 2.47. The molecule has 1 saturated carbocycles. The van der Waals surface area contributed by atoms with Gasteiger partial charge in [0, 0.05) is 6.20 Å². The lowest BCUT2D eigenvalue weighted by atomic mass is 9.68. The molecule has 3 N–H and O–H groups in total. The van der Waals surface area contributed by atoms with E-state index < -0.39 is 5.41 Å². The molecule has 0 spiro atoms. The normalized spacial score (nSPS) is 17.0. The van der Waals surface area contributed by atoms with E-state index in [4.69, 9.17) is 18.0 Å². The lowest BCUT2D eigenvalue weighted by Crippen LogP contribution is -2.50. The fraction of sp³-hybridized carbons (Fsp3) is 0.417. The van der Waals surface area contributed by atoms with Gasteiger partial charge in [0.05, 0.1) is 10.4 Å². The molecule has 2 rings (SSSR count). The number of pyridine rings is 1. The number of nitrogens with two attached hydrogens (primary N) is 1. The zero-order valence-corrected chi connectivity index (χ0v) is 10.5. The Morgan fingerprint density at radius 3 is 2.76 bits per heavy atom. The second-order valence-electron chi connectivity index (χ2n) is 4.42.